The first-order valence-corrected chi connectivity index (χ1v) is 12.5. The Balaban J connectivity index is 1.51. The maximum absolute atomic E-state index is 13.1. The predicted molar refractivity (Wildman–Crippen MR) is 143 cm³/mol. The van der Waals surface area contributed by atoms with Crippen LogP contribution < -0.4 is 21.8 Å². The molecule has 0 radical (unpaired) electrons. The Morgan fingerprint density at radius 1 is 1.06 bits per heavy atom. The SMILES string of the molecule is CCN(CCN1CCN(C)CC1)C(=O)C1=CC/C(=c2/[nH]c(=O)/c(=C/c3ccccc3)n(C)c2=O)C=C1. The summed E-state index contributed by atoms with van der Waals surface area (Å²) in [6.45, 7) is 8.35. The summed E-state index contributed by atoms with van der Waals surface area (Å²) in [5.41, 5.74) is 1.55. The average Bonchev–Trinajstić information content (AvgIpc) is 2.90. The molecule has 1 N–H and O–H groups in total. The first-order valence-electron chi connectivity index (χ1n) is 12.5. The molecule has 0 saturated carbocycles. The first-order chi connectivity index (χ1) is 17.4. The monoisotopic (exact) mass is 489 g/mol. The number of benzene rings is 1. The summed E-state index contributed by atoms with van der Waals surface area (Å²) >= 11 is 0. The minimum absolute atomic E-state index is 0.00358. The smallest absolute Gasteiger partial charge is 0.274 e. The second-order valence-electron chi connectivity index (χ2n) is 9.39. The molecule has 0 bridgehead atoms. The van der Waals surface area contributed by atoms with Crippen LogP contribution in [0.25, 0.3) is 11.6 Å². The van der Waals surface area contributed by atoms with Crippen LogP contribution in [-0.2, 0) is 11.8 Å². The fraction of sp³-hybridized carbons (Fsp3) is 0.393. The van der Waals surface area contributed by atoms with Crippen molar-refractivity contribution in [3.63, 3.8) is 0 Å². The van der Waals surface area contributed by atoms with E-state index in [1.807, 2.05) is 48.2 Å². The third-order valence-corrected chi connectivity index (χ3v) is 6.98. The van der Waals surface area contributed by atoms with Crippen LogP contribution >= 0.6 is 0 Å². The largest absolute Gasteiger partial charge is 0.338 e. The zero-order valence-electron chi connectivity index (χ0n) is 21.4. The third kappa shape index (κ3) is 5.83. The molecule has 1 aromatic heterocycles. The van der Waals surface area contributed by atoms with Crippen molar-refractivity contribution in [3.8, 4) is 0 Å². The van der Waals surface area contributed by atoms with E-state index in [9.17, 15) is 14.4 Å². The second-order valence-corrected chi connectivity index (χ2v) is 9.39. The van der Waals surface area contributed by atoms with E-state index in [1.165, 1.54) is 4.57 Å². The number of aromatic nitrogens is 2. The van der Waals surface area contributed by atoms with Crippen molar-refractivity contribution < 1.29 is 4.79 Å². The number of likely N-dealkylation sites (N-methyl/N-ethyl adjacent to an activating group) is 2. The lowest BCUT2D eigenvalue weighted by Gasteiger charge is -2.34. The molecule has 8 nitrogen and oxygen atoms in total. The number of piperazine rings is 1. The van der Waals surface area contributed by atoms with Crippen molar-refractivity contribution in [1.29, 1.82) is 0 Å². The van der Waals surface area contributed by atoms with Crippen molar-refractivity contribution in [2.75, 3.05) is 52.9 Å². The molecular formula is C28H35N5O3. The van der Waals surface area contributed by atoms with Gasteiger partial charge >= 0.3 is 0 Å². The molecule has 2 aliphatic rings. The van der Waals surface area contributed by atoms with E-state index < -0.39 is 0 Å². The van der Waals surface area contributed by atoms with Crippen LogP contribution in [0.3, 0.4) is 0 Å². The van der Waals surface area contributed by atoms with Crippen LogP contribution in [0.2, 0.25) is 0 Å². The highest BCUT2D eigenvalue weighted by Gasteiger charge is 2.20. The molecule has 0 atom stereocenters. The van der Waals surface area contributed by atoms with Gasteiger partial charge in [0.15, 0.2) is 0 Å². The molecule has 8 heteroatoms. The first kappa shape index (κ1) is 25.6. The van der Waals surface area contributed by atoms with E-state index in [0.29, 0.717) is 36.0 Å². The Morgan fingerprint density at radius 3 is 2.42 bits per heavy atom. The number of nitrogens with zero attached hydrogens (tertiary/aromatic N) is 4. The molecule has 190 valence electrons. The minimum atomic E-state index is -0.330. The molecule has 36 heavy (non-hydrogen) atoms. The van der Waals surface area contributed by atoms with Crippen molar-refractivity contribution >= 4 is 17.6 Å². The summed E-state index contributed by atoms with van der Waals surface area (Å²) in [4.78, 5) is 48.4. The number of hydrogen-bond donors (Lipinski definition) is 1. The summed E-state index contributed by atoms with van der Waals surface area (Å²) in [5, 5.41) is 0.551. The van der Waals surface area contributed by atoms with Gasteiger partial charge in [0.05, 0.1) is 0 Å². The highest BCUT2D eigenvalue weighted by Crippen LogP contribution is 2.17. The Labute approximate surface area is 211 Å². The van der Waals surface area contributed by atoms with Gasteiger partial charge in [-0.1, -0.05) is 42.5 Å². The highest BCUT2D eigenvalue weighted by atomic mass is 16.2. The van der Waals surface area contributed by atoms with E-state index in [2.05, 4.69) is 21.8 Å². The fourth-order valence-electron chi connectivity index (χ4n) is 4.56. The van der Waals surface area contributed by atoms with E-state index in [4.69, 9.17) is 0 Å². The molecule has 1 aromatic carbocycles. The number of hydrogen-bond acceptors (Lipinski definition) is 5. The van der Waals surface area contributed by atoms with Crippen molar-refractivity contribution in [1.82, 2.24) is 24.3 Å². The average molecular weight is 490 g/mol. The van der Waals surface area contributed by atoms with Gasteiger partial charge in [-0.2, -0.15) is 0 Å². The lowest BCUT2D eigenvalue weighted by Crippen LogP contribution is -2.52. The van der Waals surface area contributed by atoms with Gasteiger partial charge in [0, 0.05) is 58.4 Å². The quantitative estimate of drug-likeness (QED) is 0.620. The molecule has 1 fully saturated rings. The number of nitrogens with one attached hydrogen (secondary N) is 1. The molecule has 0 spiro atoms. The van der Waals surface area contributed by atoms with Gasteiger partial charge in [-0.25, -0.2) is 0 Å². The van der Waals surface area contributed by atoms with Crippen LogP contribution in [-0.4, -0.2) is 83.0 Å². The van der Waals surface area contributed by atoms with E-state index in [0.717, 1.165) is 38.3 Å². The Hall–Kier alpha value is -3.49. The van der Waals surface area contributed by atoms with Crippen molar-refractivity contribution in [3.05, 3.63) is 91.1 Å². The predicted octanol–water partition coefficient (Wildman–Crippen LogP) is 0.0353. The number of rotatable bonds is 6. The standard InChI is InChI=1S/C28H35N5O3/c1-4-33(19-18-32-16-14-30(2)15-17-32)27(35)23-12-10-22(11-13-23)25-28(36)31(3)24(26(34)29-25)20-21-8-6-5-7-9-21/h5-10,12-13,20H,4,11,14-19H2,1-3H3,(H,29,34)/b24-20-,25-22+. The Morgan fingerprint density at radius 2 is 1.78 bits per heavy atom. The van der Waals surface area contributed by atoms with E-state index in [-0.39, 0.29) is 22.4 Å². The maximum Gasteiger partial charge on any atom is 0.274 e. The highest BCUT2D eigenvalue weighted by molar-refractivity contribution is 5.97. The van der Waals surface area contributed by atoms with Gasteiger partial charge in [-0.05, 0) is 43.7 Å². The van der Waals surface area contributed by atoms with Gasteiger partial charge in [-0.15, -0.1) is 0 Å². The van der Waals surface area contributed by atoms with E-state index in [1.54, 1.807) is 25.3 Å². The fourth-order valence-corrected chi connectivity index (χ4v) is 4.56. The lowest BCUT2D eigenvalue weighted by molar-refractivity contribution is -0.126. The number of H-pyrrole nitrogens is 1. The molecule has 2 aromatic rings. The molecular weight excluding hydrogens is 454 g/mol. The Kier molecular flexibility index (Phi) is 8.18. The van der Waals surface area contributed by atoms with Crippen LogP contribution in [0.5, 0.6) is 0 Å². The molecule has 1 aliphatic carbocycles. The van der Waals surface area contributed by atoms with Gasteiger partial charge in [0.2, 0.25) is 0 Å². The van der Waals surface area contributed by atoms with Gasteiger partial charge < -0.3 is 19.4 Å². The van der Waals surface area contributed by atoms with Crippen LogP contribution in [0.1, 0.15) is 18.9 Å². The van der Waals surface area contributed by atoms with Gasteiger partial charge in [0.1, 0.15) is 10.7 Å². The summed E-state index contributed by atoms with van der Waals surface area (Å²) in [6, 6.07) is 9.42. The lowest BCUT2D eigenvalue weighted by atomic mass is 10.0. The van der Waals surface area contributed by atoms with Gasteiger partial charge in [-0.3, -0.25) is 19.3 Å². The number of aromatic amines is 1. The third-order valence-electron chi connectivity index (χ3n) is 6.98. The molecule has 1 aliphatic heterocycles. The zero-order valence-corrected chi connectivity index (χ0v) is 21.4. The number of carbonyl (C=O) groups is 1. The molecule has 4 rings (SSSR count). The summed E-state index contributed by atoms with van der Waals surface area (Å²) in [5.74, 6) is -0.00358. The van der Waals surface area contributed by atoms with Crippen LogP contribution in [0.15, 0.2) is 63.7 Å². The van der Waals surface area contributed by atoms with Crippen LogP contribution in [0, 0.1) is 0 Å². The second kappa shape index (κ2) is 11.5. The maximum atomic E-state index is 13.1. The minimum Gasteiger partial charge on any atom is -0.338 e. The summed E-state index contributed by atoms with van der Waals surface area (Å²) in [6.07, 6.45) is 7.47. The Bertz CT molecular complexity index is 1390. The number of allylic oxidation sites excluding steroid dienone is 2. The van der Waals surface area contributed by atoms with E-state index >= 15 is 0 Å². The van der Waals surface area contributed by atoms with Crippen molar-refractivity contribution in [2.24, 2.45) is 7.05 Å². The van der Waals surface area contributed by atoms with Gasteiger partial charge in [0.25, 0.3) is 17.0 Å². The summed E-state index contributed by atoms with van der Waals surface area (Å²) in [7, 11) is 3.74. The van der Waals surface area contributed by atoms with Crippen LogP contribution in [0.4, 0.5) is 0 Å². The molecule has 1 amide bonds. The molecule has 0 unspecified atom stereocenters. The topological polar surface area (TPSA) is 81.7 Å². The molecule has 1 saturated heterocycles. The number of carbonyl (C=O) groups excluding carboxylic acids is 1. The zero-order chi connectivity index (χ0) is 25.7. The molecule has 2 heterocycles. The summed E-state index contributed by atoms with van der Waals surface area (Å²) < 4.78 is 1.38. The van der Waals surface area contributed by atoms with Crippen molar-refractivity contribution in [2.45, 2.75) is 13.3 Å². The number of amides is 1. The normalized spacial score (nSPS) is 18.9.